The Balaban J connectivity index is 0.000000108. The lowest BCUT2D eigenvalue weighted by molar-refractivity contribution is -0.876. The maximum absolute atomic E-state index is 11.4. The number of sulfonamides is 1. The molecule has 0 radical (unpaired) electrons. The Bertz CT molecular complexity index is 7700. The fourth-order valence-corrected chi connectivity index (χ4v) is 20.3. The molecule has 0 saturated heterocycles. The van der Waals surface area contributed by atoms with Gasteiger partial charge in [0.2, 0.25) is 10.0 Å². The molecule has 0 spiro atoms. The molecule has 8 aromatic carbocycles. The van der Waals surface area contributed by atoms with Crippen LogP contribution in [0.1, 0.15) is 130 Å². The van der Waals surface area contributed by atoms with Gasteiger partial charge in [-0.25, -0.2) is 68.0 Å². The second-order valence-corrected chi connectivity index (χ2v) is 37.5. The van der Waals surface area contributed by atoms with Gasteiger partial charge in [-0.1, -0.05) is 176 Å². The smallest absolute Gasteiger partial charge is 0.265 e. The van der Waals surface area contributed by atoms with E-state index in [0.717, 1.165) is 251 Å². The van der Waals surface area contributed by atoms with Crippen LogP contribution in [0.2, 0.25) is 0 Å². The first kappa shape index (κ1) is 86.4. The van der Waals surface area contributed by atoms with Crippen molar-refractivity contribution in [3.05, 3.63) is 316 Å². The van der Waals surface area contributed by atoms with Gasteiger partial charge in [-0.15, -0.1) is 0 Å². The van der Waals surface area contributed by atoms with Crippen molar-refractivity contribution in [2.75, 3.05) is 50.0 Å². The van der Waals surface area contributed by atoms with E-state index in [1.807, 2.05) is 157 Å². The molecule has 0 bridgehead atoms. The lowest BCUT2D eigenvalue weighted by atomic mass is 9.74. The number of pyridine rings is 4. The molecule has 135 heavy (non-hydrogen) atoms. The summed E-state index contributed by atoms with van der Waals surface area (Å²) in [7, 11) is 0.416. The van der Waals surface area contributed by atoms with Crippen molar-refractivity contribution in [2.24, 2.45) is 5.92 Å². The molecule has 0 atom stereocenters. The number of ether oxygens (including phenoxy) is 2. The standard InChI is InChI=1S/2C28H27N5O.C27H26N6O2S.C25H22N5O/c2*1-34-22-12-9-20(10-13-22)28-32-25(26-27(29)30-15-16-33(26)28)21-8-7-19-11-14-23(31-24(19)17-21)18-5-3-2-4-6-18;1-36(34,35)30-16-17-13-21(14-17)27-32-24(25-26(28)29-11-12-33(25)27)20-8-7-19-9-10-22(31-23(19)15-20)18-5-3-2-4-6-18;26-24-23-22(28-25(18-7-4-8-18)29(23)14-13-27-24)19-10-9-17-11-12-20(30(31)21(17)15-19)16-5-2-1-3-6-16/h2*2-8,11,14-17,20,22H,9-10,12-13H2,1H3,(H2,29,30);2-12,15,17,21,30H,13-14,16H2,1H3,(H2,28,29);1-3,5-6,9-15,18,31H,4,7-8H2,(H2,26,27)/q;;;+1. The Labute approximate surface area is 780 Å². The molecule has 12 aromatic heterocycles. The zero-order valence-electron chi connectivity index (χ0n) is 75.1. The van der Waals surface area contributed by atoms with E-state index in [-0.39, 0.29) is 5.92 Å². The minimum Gasteiger partial charge on any atom is -0.382 e. The number of hydrogen-bond donors (Lipinski definition) is 6. The minimum absolute atomic E-state index is 0.225. The topological polar surface area (TPSA) is 352 Å². The number of nitrogens with one attached hydrogen (secondary N) is 1. The molecule has 26 nitrogen and oxygen atoms in total. The summed E-state index contributed by atoms with van der Waals surface area (Å²) in [4.78, 5) is 52.6. The van der Waals surface area contributed by atoms with E-state index in [9.17, 15) is 13.6 Å². The molecule has 0 amide bonds. The van der Waals surface area contributed by atoms with Crippen LogP contribution < -0.4 is 32.4 Å². The summed E-state index contributed by atoms with van der Waals surface area (Å²) >= 11 is 0. The lowest BCUT2D eigenvalue weighted by Crippen LogP contribution is -2.35. The van der Waals surface area contributed by atoms with Crippen LogP contribution >= 0.6 is 0 Å². The zero-order chi connectivity index (χ0) is 92.0. The Morgan fingerprint density at radius 1 is 0.363 bits per heavy atom. The van der Waals surface area contributed by atoms with Gasteiger partial charge in [0.25, 0.3) is 11.2 Å². The number of nitrogens with zero attached hydrogens (tertiary/aromatic N) is 16. The van der Waals surface area contributed by atoms with E-state index >= 15 is 0 Å². The van der Waals surface area contributed by atoms with Gasteiger partial charge in [-0.3, -0.25) is 22.8 Å². The number of aromatic nitrogens is 16. The molecule has 4 fully saturated rings. The summed E-state index contributed by atoms with van der Waals surface area (Å²) in [5.41, 5.74) is 47.1. The summed E-state index contributed by atoms with van der Waals surface area (Å²) < 4.78 is 46.3. The number of imidazole rings is 4. The highest BCUT2D eigenvalue weighted by Gasteiger charge is 2.37. The van der Waals surface area contributed by atoms with Crippen LogP contribution in [0.5, 0.6) is 0 Å². The van der Waals surface area contributed by atoms with Gasteiger partial charge in [0, 0.05) is 166 Å². The van der Waals surface area contributed by atoms with Crippen molar-refractivity contribution >= 4 is 99.0 Å². The van der Waals surface area contributed by atoms with Crippen LogP contribution in [0.3, 0.4) is 0 Å². The van der Waals surface area contributed by atoms with Gasteiger partial charge in [-0.2, -0.15) is 0 Å². The molecule has 27 heteroatoms. The van der Waals surface area contributed by atoms with Crippen LogP contribution in [0.15, 0.2) is 292 Å². The molecular formula is C108H102N21O5S+. The van der Waals surface area contributed by atoms with Crippen LogP contribution in [0, 0.1) is 5.92 Å². The second-order valence-electron chi connectivity index (χ2n) is 35.7. The SMILES string of the molecule is COC1CCC(c2nc(-c3ccc4ccc(-c5ccccc5)nc4c3)c3c(N)nccn23)CC1.COC1CCC(c2nc(-c3ccc4ccc(-c5ccccc5)nc4c3)c3c(N)nccn23)CC1.CS(=O)(=O)NCC1CC(c2nc(-c3ccc4ccc(-c5ccccc5)nc4c3)c3c(N)nccn23)C1.Nc1nccn2c(C3CCC3)nc(-c3ccc4ccc(-c5ccccc5)[n+](O)c4c3)c12. The first-order valence-electron chi connectivity index (χ1n) is 46.1. The summed E-state index contributed by atoms with van der Waals surface area (Å²) in [6.45, 7) is 0.454. The number of anilines is 4. The van der Waals surface area contributed by atoms with Crippen LogP contribution in [0.25, 0.3) is 156 Å². The molecule has 10 N–H and O–H groups in total. The van der Waals surface area contributed by atoms with E-state index in [0.29, 0.717) is 71.2 Å². The summed E-state index contributed by atoms with van der Waals surface area (Å²) in [6.07, 6.45) is 30.3. The van der Waals surface area contributed by atoms with Crippen LogP contribution in [-0.2, 0) is 19.5 Å². The Hall–Kier alpha value is -15.3. The molecule has 0 aliphatic heterocycles. The molecule has 4 aliphatic carbocycles. The molecule has 4 saturated carbocycles. The molecule has 674 valence electrons. The van der Waals surface area contributed by atoms with E-state index < -0.39 is 10.0 Å². The Morgan fingerprint density at radius 2 is 0.674 bits per heavy atom. The monoisotopic (exact) mass is 1800 g/mol. The van der Waals surface area contributed by atoms with E-state index in [4.69, 9.17) is 67.3 Å². The number of benzene rings is 8. The highest BCUT2D eigenvalue weighted by molar-refractivity contribution is 7.88. The highest BCUT2D eigenvalue weighted by atomic mass is 32.2. The first-order chi connectivity index (χ1) is 66.0. The van der Waals surface area contributed by atoms with Crippen molar-refractivity contribution < 1.29 is 27.8 Å². The van der Waals surface area contributed by atoms with Crippen molar-refractivity contribution in [3.8, 4) is 90.1 Å². The van der Waals surface area contributed by atoms with Crippen molar-refractivity contribution in [1.29, 1.82) is 0 Å². The summed E-state index contributed by atoms with van der Waals surface area (Å²) in [5.74, 6) is 7.67. The lowest BCUT2D eigenvalue weighted by Gasteiger charge is -2.34. The number of nitrogen functional groups attached to an aromatic ring is 4. The van der Waals surface area contributed by atoms with Gasteiger partial charge in [0.15, 0.2) is 0 Å². The maximum Gasteiger partial charge on any atom is 0.265 e. The number of methoxy groups -OCH3 is 2. The molecule has 12 heterocycles. The molecular weight excluding hydrogens is 1700 g/mol. The fraction of sp³-hybridized carbons (Fsp3) is 0.222. The maximum atomic E-state index is 11.4. The fourth-order valence-electron chi connectivity index (χ4n) is 19.8. The highest BCUT2D eigenvalue weighted by Crippen LogP contribution is 2.46. The van der Waals surface area contributed by atoms with E-state index in [1.54, 1.807) is 39.0 Å². The third-order valence-corrected chi connectivity index (χ3v) is 27.9. The van der Waals surface area contributed by atoms with Gasteiger partial charge < -0.3 is 32.4 Å². The predicted octanol–water partition coefficient (Wildman–Crippen LogP) is 20.6. The normalized spacial score (nSPS) is 17.4. The van der Waals surface area contributed by atoms with Crippen molar-refractivity contribution in [1.82, 2.24) is 77.1 Å². The molecule has 0 unspecified atom stereocenters. The van der Waals surface area contributed by atoms with Gasteiger partial charge in [-0.05, 0) is 144 Å². The molecule has 4 aliphatic rings. The van der Waals surface area contributed by atoms with Gasteiger partial charge in [0.1, 0.15) is 91.4 Å². The summed E-state index contributed by atoms with van der Waals surface area (Å²) in [6, 6.07) is 81.7. The van der Waals surface area contributed by atoms with E-state index in [1.165, 1.54) is 17.4 Å². The minimum atomic E-state index is -3.19. The quantitative estimate of drug-likeness (QED) is 0.0364. The third kappa shape index (κ3) is 17.4. The van der Waals surface area contributed by atoms with Crippen LogP contribution in [0.4, 0.5) is 23.3 Å². The zero-order valence-corrected chi connectivity index (χ0v) is 75.9. The average molecular weight is 1810 g/mol. The third-order valence-electron chi connectivity index (χ3n) is 27.2. The molecule has 24 rings (SSSR count). The number of hydrogen-bond acceptors (Lipinski definition) is 20. The Morgan fingerprint density at radius 3 is 1.01 bits per heavy atom. The molecule has 20 aromatic rings. The first-order valence-corrected chi connectivity index (χ1v) is 48.0. The average Bonchev–Trinajstić information content (AvgIpc) is 1.61. The predicted molar refractivity (Wildman–Crippen MR) is 533 cm³/mol. The number of fused-ring (bicyclic) bond motifs is 8. The van der Waals surface area contributed by atoms with Crippen molar-refractivity contribution in [3.63, 3.8) is 0 Å². The number of nitrogens with two attached hydrogens (primary N) is 4. The van der Waals surface area contributed by atoms with Gasteiger partial charge in [0.05, 0.1) is 63.0 Å². The Kier molecular flexibility index (Phi) is 23.7. The van der Waals surface area contributed by atoms with E-state index in [2.05, 4.69) is 153 Å². The van der Waals surface area contributed by atoms with Crippen LogP contribution in [-0.4, -0.2) is 125 Å². The number of rotatable bonds is 17. The largest absolute Gasteiger partial charge is 0.382 e. The van der Waals surface area contributed by atoms with Gasteiger partial charge >= 0.3 is 0 Å². The summed E-state index contributed by atoms with van der Waals surface area (Å²) in [5, 5.41) is 15.2. The van der Waals surface area contributed by atoms with Crippen molar-refractivity contribution in [2.45, 2.75) is 119 Å². The second kappa shape index (κ2) is 37.0.